The molecule has 0 spiro atoms. The van der Waals surface area contributed by atoms with Crippen LogP contribution in [0.4, 0.5) is 11.4 Å². The molecule has 6 nitrogen and oxygen atoms in total. The van der Waals surface area contributed by atoms with Crippen molar-refractivity contribution in [2.45, 2.75) is 0 Å². The summed E-state index contributed by atoms with van der Waals surface area (Å²) in [5.41, 5.74) is 4.62. The first kappa shape index (κ1) is 18.0. The molecule has 0 fully saturated rings. The van der Waals surface area contributed by atoms with Gasteiger partial charge in [-0.1, -0.05) is 23.7 Å². The fourth-order valence-corrected chi connectivity index (χ4v) is 3.20. The molecule has 140 valence electrons. The van der Waals surface area contributed by atoms with E-state index in [9.17, 15) is 4.79 Å². The predicted molar refractivity (Wildman–Crippen MR) is 113 cm³/mol. The van der Waals surface area contributed by atoms with Crippen molar-refractivity contribution in [3.63, 3.8) is 0 Å². The number of anilines is 2. The average Bonchev–Trinajstić information content (AvgIpc) is 3.11. The Morgan fingerprint density at radius 1 is 1.11 bits per heavy atom. The summed E-state index contributed by atoms with van der Waals surface area (Å²) < 4.78 is 0. The lowest BCUT2D eigenvalue weighted by Gasteiger charge is -2.14. The zero-order valence-electron chi connectivity index (χ0n) is 15.4. The van der Waals surface area contributed by atoms with Gasteiger partial charge >= 0.3 is 0 Å². The maximum absolute atomic E-state index is 12.9. The van der Waals surface area contributed by atoms with E-state index in [1.807, 2.05) is 49.3 Å². The van der Waals surface area contributed by atoms with Gasteiger partial charge in [0.25, 0.3) is 5.91 Å². The van der Waals surface area contributed by atoms with Crippen molar-refractivity contribution in [2.24, 2.45) is 0 Å². The normalized spacial score (nSPS) is 10.8. The second-order valence-corrected chi connectivity index (χ2v) is 7.02. The molecule has 0 aliphatic carbocycles. The second kappa shape index (κ2) is 7.32. The van der Waals surface area contributed by atoms with Crippen LogP contribution in [0.15, 0.2) is 60.9 Å². The fraction of sp³-hybridized carbons (Fsp3) is 0.0952. The third kappa shape index (κ3) is 3.42. The third-order valence-corrected chi connectivity index (χ3v) is 4.74. The van der Waals surface area contributed by atoms with E-state index >= 15 is 0 Å². The molecule has 2 heterocycles. The Labute approximate surface area is 167 Å². The van der Waals surface area contributed by atoms with Crippen LogP contribution < -0.4 is 10.2 Å². The highest BCUT2D eigenvalue weighted by Crippen LogP contribution is 2.29. The zero-order chi connectivity index (χ0) is 19.7. The molecule has 2 aromatic heterocycles. The van der Waals surface area contributed by atoms with E-state index in [-0.39, 0.29) is 11.6 Å². The first-order chi connectivity index (χ1) is 13.5. The highest BCUT2D eigenvalue weighted by Gasteiger charge is 2.16. The number of nitrogens with zero attached hydrogens (tertiary/aromatic N) is 3. The number of rotatable bonds is 4. The summed E-state index contributed by atoms with van der Waals surface area (Å²) in [4.78, 5) is 19.0. The van der Waals surface area contributed by atoms with E-state index in [0.717, 1.165) is 22.3 Å². The van der Waals surface area contributed by atoms with Crippen molar-refractivity contribution in [3.8, 4) is 11.1 Å². The highest BCUT2D eigenvalue weighted by atomic mass is 35.5. The summed E-state index contributed by atoms with van der Waals surface area (Å²) in [6.45, 7) is 0. The summed E-state index contributed by atoms with van der Waals surface area (Å²) >= 11 is 6.07. The Morgan fingerprint density at radius 3 is 2.64 bits per heavy atom. The molecular weight excluding hydrogens is 374 g/mol. The third-order valence-electron chi connectivity index (χ3n) is 4.50. The minimum Gasteiger partial charge on any atom is -0.378 e. The molecule has 2 N–H and O–H groups in total. The molecule has 0 radical (unpaired) electrons. The van der Waals surface area contributed by atoms with E-state index in [0.29, 0.717) is 16.1 Å². The van der Waals surface area contributed by atoms with Gasteiger partial charge in [0.2, 0.25) is 0 Å². The van der Waals surface area contributed by atoms with E-state index in [1.54, 1.807) is 30.6 Å². The molecule has 28 heavy (non-hydrogen) atoms. The first-order valence-electron chi connectivity index (χ1n) is 8.69. The molecule has 7 heteroatoms. The molecular formula is C21H18ClN5O. The number of H-pyrrole nitrogens is 1. The van der Waals surface area contributed by atoms with Crippen LogP contribution in [0.3, 0.4) is 0 Å². The Kier molecular flexibility index (Phi) is 4.71. The van der Waals surface area contributed by atoms with Gasteiger partial charge in [-0.3, -0.25) is 14.9 Å². The van der Waals surface area contributed by atoms with Gasteiger partial charge in [-0.05, 0) is 42.0 Å². The molecule has 0 bridgehead atoms. The van der Waals surface area contributed by atoms with Crippen LogP contribution in [0.1, 0.15) is 10.5 Å². The van der Waals surface area contributed by atoms with Crippen molar-refractivity contribution >= 4 is 39.8 Å². The molecule has 0 unspecified atom stereocenters. The molecule has 2 aromatic carbocycles. The number of hydrogen-bond donors (Lipinski definition) is 2. The monoisotopic (exact) mass is 391 g/mol. The number of aromatic nitrogens is 3. The van der Waals surface area contributed by atoms with Crippen molar-refractivity contribution in [2.75, 3.05) is 24.3 Å². The number of carbonyl (C=O) groups is 1. The smallest absolute Gasteiger partial charge is 0.276 e. The van der Waals surface area contributed by atoms with E-state index in [1.165, 1.54) is 0 Å². The van der Waals surface area contributed by atoms with Gasteiger partial charge in [0.1, 0.15) is 0 Å². The molecule has 0 aliphatic heterocycles. The Bertz CT molecular complexity index is 1150. The van der Waals surface area contributed by atoms with Crippen LogP contribution in [0, 0.1) is 0 Å². The number of benzene rings is 2. The number of halogens is 1. The van der Waals surface area contributed by atoms with E-state index in [4.69, 9.17) is 11.6 Å². The quantitative estimate of drug-likeness (QED) is 0.533. The van der Waals surface area contributed by atoms with Gasteiger partial charge in [0.15, 0.2) is 5.69 Å². The van der Waals surface area contributed by atoms with E-state index < -0.39 is 0 Å². The van der Waals surface area contributed by atoms with Crippen LogP contribution in [0.25, 0.3) is 22.0 Å². The van der Waals surface area contributed by atoms with Gasteiger partial charge in [0, 0.05) is 42.0 Å². The molecule has 0 saturated carbocycles. The lowest BCUT2D eigenvalue weighted by atomic mass is 10.0. The van der Waals surface area contributed by atoms with Crippen molar-refractivity contribution < 1.29 is 4.79 Å². The lowest BCUT2D eigenvalue weighted by molar-refractivity contribution is 0.102. The SMILES string of the molecule is CN(C)c1ccc(-c2ccncc2NC(=O)c2n[nH]c3ccc(Cl)cc23)cc1. The molecule has 1 amide bonds. The van der Waals surface area contributed by atoms with Crippen LogP contribution in [0.2, 0.25) is 5.02 Å². The van der Waals surface area contributed by atoms with E-state index in [2.05, 4.69) is 20.5 Å². The zero-order valence-corrected chi connectivity index (χ0v) is 16.2. The van der Waals surface area contributed by atoms with Gasteiger partial charge in [0.05, 0.1) is 17.4 Å². The van der Waals surface area contributed by atoms with Crippen LogP contribution >= 0.6 is 11.6 Å². The summed E-state index contributed by atoms with van der Waals surface area (Å²) in [5.74, 6) is -0.326. The summed E-state index contributed by atoms with van der Waals surface area (Å²) in [5, 5.41) is 11.1. The van der Waals surface area contributed by atoms with Crippen LogP contribution in [-0.4, -0.2) is 35.2 Å². The number of pyridine rings is 1. The maximum atomic E-state index is 12.9. The van der Waals surface area contributed by atoms with Gasteiger partial charge in [-0.15, -0.1) is 0 Å². The lowest BCUT2D eigenvalue weighted by Crippen LogP contribution is -2.13. The first-order valence-corrected chi connectivity index (χ1v) is 9.07. The number of fused-ring (bicyclic) bond motifs is 1. The number of hydrogen-bond acceptors (Lipinski definition) is 4. The molecule has 0 atom stereocenters. The molecule has 0 aliphatic rings. The predicted octanol–water partition coefficient (Wildman–Crippen LogP) is 4.60. The number of nitrogens with one attached hydrogen (secondary N) is 2. The largest absolute Gasteiger partial charge is 0.378 e. The molecule has 0 saturated heterocycles. The topological polar surface area (TPSA) is 73.9 Å². The number of aromatic amines is 1. The van der Waals surface area contributed by atoms with Gasteiger partial charge < -0.3 is 10.2 Å². The minimum atomic E-state index is -0.326. The van der Waals surface area contributed by atoms with Crippen molar-refractivity contribution in [3.05, 3.63) is 71.6 Å². The van der Waals surface area contributed by atoms with Crippen molar-refractivity contribution in [1.29, 1.82) is 0 Å². The molecule has 4 rings (SSSR count). The Hall–Kier alpha value is -3.38. The summed E-state index contributed by atoms with van der Waals surface area (Å²) in [7, 11) is 3.99. The van der Waals surface area contributed by atoms with Gasteiger partial charge in [-0.2, -0.15) is 5.10 Å². The molecule has 4 aromatic rings. The van der Waals surface area contributed by atoms with Gasteiger partial charge in [-0.25, -0.2) is 0 Å². The summed E-state index contributed by atoms with van der Waals surface area (Å²) in [6.07, 6.45) is 3.34. The number of amides is 1. The average molecular weight is 392 g/mol. The fourth-order valence-electron chi connectivity index (χ4n) is 3.03. The second-order valence-electron chi connectivity index (χ2n) is 6.58. The Balaban J connectivity index is 1.67. The van der Waals surface area contributed by atoms with Crippen molar-refractivity contribution in [1.82, 2.24) is 15.2 Å². The Morgan fingerprint density at radius 2 is 1.89 bits per heavy atom. The standard InChI is InChI=1S/C21H18ClN5O/c1-27(2)15-6-3-13(4-7-15)16-9-10-23-12-19(16)24-21(28)20-17-11-14(22)5-8-18(17)25-26-20/h3-12H,1-2H3,(H,24,28)(H,25,26). The van der Waals surface area contributed by atoms with Crippen LogP contribution in [-0.2, 0) is 0 Å². The van der Waals surface area contributed by atoms with Crippen LogP contribution in [0.5, 0.6) is 0 Å². The minimum absolute atomic E-state index is 0.287. The number of carbonyl (C=O) groups excluding carboxylic acids is 1. The summed E-state index contributed by atoms with van der Waals surface area (Å²) in [6, 6.07) is 15.2. The maximum Gasteiger partial charge on any atom is 0.276 e. The highest BCUT2D eigenvalue weighted by molar-refractivity contribution is 6.31.